The van der Waals surface area contributed by atoms with E-state index in [1.54, 1.807) is 18.4 Å². The third-order valence-corrected chi connectivity index (χ3v) is 9.42. The first-order chi connectivity index (χ1) is 13.0. The van der Waals surface area contributed by atoms with E-state index in [1.807, 2.05) is 0 Å². The topological polar surface area (TPSA) is 42.0 Å². The van der Waals surface area contributed by atoms with Crippen LogP contribution in [0.3, 0.4) is 0 Å². The van der Waals surface area contributed by atoms with Crippen LogP contribution in [0.15, 0.2) is 35.7 Å². The number of thiophene rings is 1. The molecule has 3 aliphatic carbocycles. The summed E-state index contributed by atoms with van der Waals surface area (Å²) in [6, 6.07) is 10.8. The fourth-order valence-corrected chi connectivity index (χ4v) is 8.02. The van der Waals surface area contributed by atoms with E-state index in [9.17, 15) is 5.11 Å². The van der Waals surface area contributed by atoms with Gasteiger partial charge in [-0.05, 0) is 66.3 Å². The van der Waals surface area contributed by atoms with Gasteiger partial charge in [-0.25, -0.2) is 0 Å². The van der Waals surface area contributed by atoms with Crippen LogP contribution in [0.4, 0.5) is 0 Å². The van der Waals surface area contributed by atoms with Gasteiger partial charge in [0.1, 0.15) is 17.0 Å². The molecule has 0 radical (unpaired) electrons. The molecule has 0 amide bonds. The monoisotopic (exact) mass is 382 g/mol. The molecule has 1 aliphatic heterocycles. The molecule has 0 bridgehead atoms. The first-order valence-corrected chi connectivity index (χ1v) is 11.0. The minimum Gasteiger partial charge on any atom is -0.497 e. The first kappa shape index (κ1) is 16.6. The molecule has 1 aromatic heterocycles. The van der Waals surface area contributed by atoms with Gasteiger partial charge in [0.2, 0.25) is 0 Å². The summed E-state index contributed by atoms with van der Waals surface area (Å²) in [5, 5.41) is 13.9. The zero-order valence-corrected chi connectivity index (χ0v) is 16.7. The number of hydrogen-bond donors (Lipinski definition) is 1. The molecule has 4 aliphatic rings. The van der Waals surface area contributed by atoms with Crippen LogP contribution in [0, 0.1) is 11.3 Å². The maximum atomic E-state index is 11.8. The minimum atomic E-state index is -0.706. The number of ether oxygens (including phenoxy) is 2. The van der Waals surface area contributed by atoms with Crippen LogP contribution in [0.1, 0.15) is 54.5 Å². The smallest absolute Gasteiger partial charge is 0.119 e. The highest BCUT2D eigenvalue weighted by molar-refractivity contribution is 7.10. The Kier molecular flexibility index (Phi) is 3.17. The zero-order chi connectivity index (χ0) is 18.4. The van der Waals surface area contributed by atoms with Crippen molar-refractivity contribution in [2.45, 2.75) is 62.3 Å². The van der Waals surface area contributed by atoms with Crippen molar-refractivity contribution in [1.29, 1.82) is 0 Å². The van der Waals surface area contributed by atoms with E-state index in [0.717, 1.165) is 42.7 Å². The molecule has 0 unspecified atom stereocenters. The first-order valence-electron chi connectivity index (χ1n) is 10.1. The number of methoxy groups -OCH3 is 1. The summed E-state index contributed by atoms with van der Waals surface area (Å²) < 4.78 is 12.0. The second-order valence-corrected chi connectivity index (χ2v) is 10.1. The zero-order valence-electron chi connectivity index (χ0n) is 15.9. The number of rotatable bonds is 2. The van der Waals surface area contributed by atoms with E-state index in [1.165, 1.54) is 11.1 Å². The van der Waals surface area contributed by atoms with Crippen molar-refractivity contribution in [2.75, 3.05) is 7.11 Å². The molecule has 142 valence electrons. The van der Waals surface area contributed by atoms with Gasteiger partial charge in [0.25, 0.3) is 0 Å². The van der Waals surface area contributed by atoms with Gasteiger partial charge < -0.3 is 14.6 Å². The lowest BCUT2D eigenvalue weighted by Gasteiger charge is -2.52. The van der Waals surface area contributed by atoms with E-state index in [0.29, 0.717) is 17.9 Å². The molecule has 3 fully saturated rings. The third-order valence-electron chi connectivity index (χ3n) is 8.40. The Hall–Kier alpha value is -1.36. The molecular formula is C23H26O3S. The summed E-state index contributed by atoms with van der Waals surface area (Å²) in [5.41, 5.74) is 1.98. The standard InChI is InChI=1S/C23H26O3S/c1-21-9-7-17-16-6-5-15(25-2)12-14(16)13-19-23(17,26-19)18(21)8-10-22(21,24)20-4-3-11-27-20/h3-6,11-12,17-19,24H,7-10,13H2,1-2H3/t17-,18-,19-,21+,22-,23-/m1/s1. The van der Waals surface area contributed by atoms with Gasteiger partial charge in [0, 0.05) is 22.6 Å². The van der Waals surface area contributed by atoms with Gasteiger partial charge in [0.15, 0.2) is 0 Å². The Morgan fingerprint density at radius 2 is 2.11 bits per heavy atom. The van der Waals surface area contributed by atoms with Crippen molar-refractivity contribution in [2.24, 2.45) is 11.3 Å². The highest BCUT2D eigenvalue weighted by Crippen LogP contribution is 2.74. The molecule has 1 N–H and O–H groups in total. The van der Waals surface area contributed by atoms with E-state index >= 15 is 0 Å². The Balaban J connectivity index is 1.43. The second-order valence-electron chi connectivity index (χ2n) is 9.17. The minimum absolute atomic E-state index is 0.0592. The quantitative estimate of drug-likeness (QED) is 0.770. The van der Waals surface area contributed by atoms with Crippen LogP contribution in [0.5, 0.6) is 5.75 Å². The van der Waals surface area contributed by atoms with Gasteiger partial charge in [-0.3, -0.25) is 0 Å². The van der Waals surface area contributed by atoms with Crippen molar-refractivity contribution in [1.82, 2.24) is 0 Å². The number of aliphatic hydroxyl groups is 1. The van der Waals surface area contributed by atoms with Crippen LogP contribution in [-0.4, -0.2) is 23.9 Å². The van der Waals surface area contributed by atoms with Crippen molar-refractivity contribution in [3.63, 3.8) is 0 Å². The van der Waals surface area contributed by atoms with Gasteiger partial charge in [-0.2, -0.15) is 0 Å². The average molecular weight is 383 g/mol. The summed E-state index contributed by atoms with van der Waals surface area (Å²) in [6.07, 6.45) is 5.35. The van der Waals surface area contributed by atoms with Crippen LogP contribution in [-0.2, 0) is 16.8 Å². The number of epoxide rings is 1. The lowest BCUT2D eigenvalue weighted by atomic mass is 9.52. The lowest BCUT2D eigenvalue weighted by molar-refractivity contribution is -0.110. The highest BCUT2D eigenvalue weighted by Gasteiger charge is 2.77. The van der Waals surface area contributed by atoms with Crippen LogP contribution >= 0.6 is 11.3 Å². The molecule has 2 aromatic rings. The largest absolute Gasteiger partial charge is 0.497 e. The lowest BCUT2D eigenvalue weighted by Crippen LogP contribution is -2.53. The SMILES string of the molecule is COc1ccc2c(c1)C[C@H]1O[C@@]13[C@@H]2CC[C@@]1(C)[C@H]3CC[C@@]1(O)c1cccs1. The summed E-state index contributed by atoms with van der Waals surface area (Å²) in [6.45, 7) is 2.33. The van der Waals surface area contributed by atoms with Crippen LogP contribution in [0.25, 0.3) is 0 Å². The number of fused-ring (bicyclic) bond motifs is 3. The molecule has 6 atom stereocenters. The molecule has 3 nitrogen and oxygen atoms in total. The van der Waals surface area contributed by atoms with Crippen molar-refractivity contribution >= 4 is 11.3 Å². The molecule has 4 heteroatoms. The Morgan fingerprint density at radius 3 is 2.89 bits per heavy atom. The fourth-order valence-electron chi connectivity index (χ4n) is 7.03. The third kappa shape index (κ3) is 1.85. The predicted octanol–water partition coefficient (Wildman–Crippen LogP) is 4.63. The fraction of sp³-hybridized carbons (Fsp3) is 0.565. The van der Waals surface area contributed by atoms with E-state index in [4.69, 9.17) is 9.47 Å². The maximum Gasteiger partial charge on any atom is 0.119 e. The number of benzene rings is 1. The van der Waals surface area contributed by atoms with Crippen molar-refractivity contribution in [3.8, 4) is 5.75 Å². The van der Waals surface area contributed by atoms with Gasteiger partial charge >= 0.3 is 0 Å². The van der Waals surface area contributed by atoms with Gasteiger partial charge in [-0.1, -0.05) is 19.1 Å². The molecular weight excluding hydrogens is 356 g/mol. The molecule has 1 saturated heterocycles. The summed E-state index contributed by atoms with van der Waals surface area (Å²) >= 11 is 1.70. The molecule has 2 saturated carbocycles. The highest BCUT2D eigenvalue weighted by atomic mass is 32.1. The molecule has 1 aromatic carbocycles. The van der Waals surface area contributed by atoms with Crippen molar-refractivity contribution < 1.29 is 14.6 Å². The van der Waals surface area contributed by atoms with E-state index in [2.05, 4.69) is 42.6 Å². The molecule has 6 rings (SSSR count). The van der Waals surface area contributed by atoms with Crippen molar-refractivity contribution in [3.05, 3.63) is 51.7 Å². The number of hydrogen-bond acceptors (Lipinski definition) is 4. The molecule has 27 heavy (non-hydrogen) atoms. The Labute approximate surface area is 164 Å². The summed E-state index contributed by atoms with van der Waals surface area (Å²) in [7, 11) is 1.73. The Bertz CT molecular complexity index is 908. The van der Waals surface area contributed by atoms with Crippen LogP contribution in [0.2, 0.25) is 0 Å². The molecule has 2 heterocycles. The van der Waals surface area contributed by atoms with Gasteiger partial charge in [0.05, 0.1) is 13.2 Å². The van der Waals surface area contributed by atoms with E-state index in [-0.39, 0.29) is 11.0 Å². The van der Waals surface area contributed by atoms with E-state index < -0.39 is 5.60 Å². The second kappa shape index (κ2) is 5.16. The van der Waals surface area contributed by atoms with Gasteiger partial charge in [-0.15, -0.1) is 11.3 Å². The van der Waals surface area contributed by atoms with Crippen LogP contribution < -0.4 is 4.74 Å². The maximum absolute atomic E-state index is 11.8. The Morgan fingerprint density at radius 1 is 1.22 bits per heavy atom. The summed E-state index contributed by atoms with van der Waals surface area (Å²) in [5.74, 6) is 1.83. The normalized spacial score (nSPS) is 44.0. The summed E-state index contributed by atoms with van der Waals surface area (Å²) in [4.78, 5) is 1.14. The predicted molar refractivity (Wildman–Crippen MR) is 105 cm³/mol. The molecule has 1 spiro atoms. The average Bonchev–Trinajstić information content (AvgIpc) is 3.03.